The second-order valence-electron chi connectivity index (χ2n) is 26.3. The zero-order valence-electron chi connectivity index (χ0n) is 70.9. The lowest BCUT2D eigenvalue weighted by Gasteiger charge is -2.10. The molecule has 16 N–H and O–H groups in total. The summed E-state index contributed by atoms with van der Waals surface area (Å²) in [5, 5.41) is 66.4. The van der Waals surface area contributed by atoms with E-state index in [-0.39, 0.29) is 40.9 Å². The van der Waals surface area contributed by atoms with Crippen molar-refractivity contribution in [3.05, 3.63) is 178 Å². The van der Waals surface area contributed by atoms with Crippen LogP contribution in [0.3, 0.4) is 0 Å². The van der Waals surface area contributed by atoms with E-state index in [0.717, 1.165) is 81.3 Å². The third-order valence-corrected chi connectivity index (χ3v) is 26.2. The van der Waals surface area contributed by atoms with Gasteiger partial charge >= 0.3 is 0 Å². The molecule has 0 aliphatic rings. The van der Waals surface area contributed by atoms with E-state index in [1.54, 1.807) is 96.1 Å². The van der Waals surface area contributed by atoms with E-state index in [9.17, 15) is 44.2 Å². The summed E-state index contributed by atoms with van der Waals surface area (Å²) in [6, 6.07) is 24.4. The lowest BCUT2D eigenvalue weighted by molar-refractivity contribution is -0.385. The van der Waals surface area contributed by atoms with E-state index in [4.69, 9.17) is 40.9 Å². The number of aryl methyl sites for hydroxylation is 5. The Morgan fingerprint density at radius 3 is 0.829 bits per heavy atom. The van der Waals surface area contributed by atoms with Crippen molar-refractivity contribution in [1.82, 2.24) is 60.5 Å². The Morgan fingerprint density at radius 2 is 0.581 bits per heavy atom. The number of nitrogens with zero attached hydrogens (tertiary/aromatic N) is 12. The van der Waals surface area contributed by atoms with Gasteiger partial charge in [-0.05, 0) is 101 Å². The highest BCUT2D eigenvalue weighted by molar-refractivity contribution is 7.22. The van der Waals surface area contributed by atoms with Gasteiger partial charge in [0.2, 0.25) is 17.7 Å². The number of benzene rings is 5. The van der Waals surface area contributed by atoms with Gasteiger partial charge in [-0.1, -0.05) is 56.7 Å². The van der Waals surface area contributed by atoms with E-state index in [1.807, 2.05) is 61.5 Å². The summed E-state index contributed by atoms with van der Waals surface area (Å²) in [6.07, 6.45) is 0. The normalized spacial score (nSPS) is 10.5. The molecule has 0 atom stereocenters. The highest BCUT2D eigenvalue weighted by atomic mass is 32.1. The van der Waals surface area contributed by atoms with Crippen molar-refractivity contribution in [2.24, 2.45) is 0 Å². The molecule has 0 unspecified atom stereocenters. The van der Waals surface area contributed by atoms with E-state index in [1.165, 1.54) is 179 Å². The highest BCUT2D eigenvalue weighted by Crippen LogP contribution is 2.44. The lowest BCUT2D eigenvalue weighted by atomic mass is 10.1. The summed E-state index contributed by atoms with van der Waals surface area (Å²) in [5.74, 6) is 2.04. The number of amides is 5. The van der Waals surface area contributed by atoms with Gasteiger partial charge in [-0.2, -0.15) is 0 Å². The van der Waals surface area contributed by atoms with Crippen molar-refractivity contribution in [2.45, 2.75) is 55.4 Å². The Morgan fingerprint density at radius 1 is 0.333 bits per heavy atom. The predicted molar refractivity (Wildman–Crippen MR) is 517 cm³/mol. The first kappa shape index (κ1) is 95.6. The Bertz CT molecular complexity index is 6580. The van der Waals surface area contributed by atoms with E-state index < -0.39 is 9.85 Å². The summed E-state index contributed by atoms with van der Waals surface area (Å²) in [7, 11) is 10.9. The third-order valence-electron chi connectivity index (χ3n) is 17.1. The number of nitrogen functional groups attached to an aromatic ring is 3. The second-order valence-corrected chi connectivity index (χ2v) is 35.7. The highest BCUT2D eigenvalue weighted by Gasteiger charge is 2.24. The topological polar surface area (TPSA) is 545 Å². The molecule has 10 heterocycles. The van der Waals surface area contributed by atoms with Crippen LogP contribution in [-0.4, -0.2) is 139 Å². The Kier molecular flexibility index (Phi) is 32.5. The van der Waals surface area contributed by atoms with Gasteiger partial charge < -0.3 is 94.1 Å². The number of anilines is 16. The first-order chi connectivity index (χ1) is 61.7. The molecule has 0 aliphatic carbocycles. The van der Waals surface area contributed by atoms with Crippen LogP contribution in [0.25, 0.3) is 52.9 Å². The number of ether oxygens (including phenoxy) is 5. The summed E-state index contributed by atoms with van der Waals surface area (Å²) in [6.45, 7) is 13.7. The van der Waals surface area contributed by atoms with E-state index >= 15 is 0 Å². The summed E-state index contributed by atoms with van der Waals surface area (Å²) >= 11 is 14.0. The van der Waals surface area contributed by atoms with Crippen LogP contribution < -0.4 is 94.1 Å². The molecule has 0 saturated heterocycles. The van der Waals surface area contributed by atoms with Gasteiger partial charge in [0.25, 0.3) is 23.2 Å². The molecule has 0 fully saturated rings. The Labute approximate surface area is 775 Å². The molecule has 670 valence electrons. The molecular formula is C80H81N25O14S10. The van der Waals surface area contributed by atoms with Gasteiger partial charge in [0.05, 0.1) is 155 Å². The first-order valence-electron chi connectivity index (χ1n) is 37.5. The number of methoxy groups -OCH3 is 5. The van der Waals surface area contributed by atoms with Crippen molar-refractivity contribution < 1.29 is 57.5 Å². The van der Waals surface area contributed by atoms with Crippen LogP contribution in [0, 0.1) is 54.8 Å². The second kappa shape index (κ2) is 43.9. The number of non-ortho nitro benzene ring substituents is 2. The van der Waals surface area contributed by atoms with Crippen LogP contribution >= 0.6 is 113 Å². The smallest absolute Gasteiger partial charge is 0.271 e. The fourth-order valence-corrected chi connectivity index (χ4v) is 19.8. The first-order valence-corrected chi connectivity index (χ1v) is 46.0. The Balaban J connectivity index is 0.000000156. The maximum atomic E-state index is 11.9. The maximum Gasteiger partial charge on any atom is 0.271 e. The minimum Gasteiger partial charge on any atom is -0.495 e. The molecule has 0 radical (unpaired) electrons. The summed E-state index contributed by atoms with van der Waals surface area (Å²) < 4.78 is 26.5. The Hall–Kier alpha value is -14.1. The number of nitro benzene ring substituents is 2. The van der Waals surface area contributed by atoms with Gasteiger partial charge in [-0.15, -0.1) is 56.7 Å². The van der Waals surface area contributed by atoms with Crippen molar-refractivity contribution in [1.29, 1.82) is 0 Å². The monoisotopic (exact) mass is 1940 g/mol. The van der Waals surface area contributed by atoms with Crippen LogP contribution in [0.5, 0.6) is 28.7 Å². The van der Waals surface area contributed by atoms with Crippen LogP contribution in [0.2, 0.25) is 0 Å². The molecule has 129 heavy (non-hydrogen) atoms. The summed E-state index contributed by atoms with van der Waals surface area (Å²) in [4.78, 5) is 127. The SMILES string of the molecule is CNC(=O)c1ccc(OC)c(Nc2nc(-c3sc(N)nc3C)cs2)c1.CNC(=O)c1ccc(OC)c(Nc2nc(-c3sc(NC(C)=O)nc3C)cs2)c1.COc1ccc(N)cc1Nc1nc(-c2sc(NC(C)=O)nc2C)cs1.COc1ccc([N+](=O)[O-])cc1Nc1nc(-c2sc(N)nc2C)cs1.COc1ccc([N+](=O)[O-])cc1Nc1nc(-c2sc(NC(C)=O)nc2C)cs1. The number of carbonyl (C=O) groups excluding carboxylic acids is 5. The number of hydrogen-bond acceptors (Lipinski definition) is 42. The molecule has 0 saturated carbocycles. The molecular weight excluding hydrogens is 1860 g/mol. The van der Waals surface area contributed by atoms with Crippen LogP contribution in [0.15, 0.2) is 118 Å². The fraction of sp³-hybridized carbons (Fsp3) is 0.188. The molecule has 39 nitrogen and oxygen atoms in total. The minimum absolute atomic E-state index is 0.0267. The number of hydrogen-bond donors (Lipinski definition) is 13. The summed E-state index contributed by atoms with van der Waals surface area (Å²) in [5.41, 5.74) is 29.8. The van der Waals surface area contributed by atoms with E-state index in [2.05, 4.69) is 103 Å². The maximum absolute atomic E-state index is 11.9. The van der Waals surface area contributed by atoms with Crippen LogP contribution in [0.4, 0.5) is 96.8 Å². The molecule has 10 aromatic heterocycles. The molecule has 15 rings (SSSR count). The molecule has 0 aliphatic heterocycles. The standard InChI is InChI=1S/C18H19N5O3S2.C16H15N5O4S2.2C16H17N5O2S2.C14H13N5O3S2/c1-9-15(28-18(20-9)21-10(2)24)13-8-27-17(23-13)22-12-7-11(16(25)19-3)5-6-14(12)26-4;1-8-14(27-16(17-8)18-9(2)22)12-7-26-15(20-12)19-11-6-10(21(23)24)4-5-13(11)25-3;1-8-13(25-15(17)19-8)11-7-24-16(21-11)20-10-6-9(14(22)18-2)4-5-12(10)23-3;1-8-14(25-16(18-8)19-9(2)22)12-7-24-15(21-12)20-11-6-10(17)4-5-13(11)23-3;1-7-12(24-13(15)16-7)10-6-23-14(18-10)17-9-5-8(19(20)21)3-4-11(9)22-2/h5-8H,1-4H3,(H,19,25)(H,22,23)(H,20,21,24);4-7H,1-3H3,(H,19,20)(H,17,18,22);4-7H,1-3H3,(H2,17,19)(H,18,22)(H,20,21);4-7H,17H2,1-3H3,(H,20,21)(H,18,19,22);3-6H,1-2H3,(H2,15,16)(H,17,18). The van der Waals surface area contributed by atoms with Crippen LogP contribution in [-0.2, 0) is 14.4 Å². The molecule has 49 heteroatoms. The average Bonchev–Trinajstić information content (AvgIpc) is 1.64. The number of thiazole rings is 10. The molecule has 5 amide bonds. The van der Waals surface area contributed by atoms with Gasteiger partial charge in [0.1, 0.15) is 28.7 Å². The van der Waals surface area contributed by atoms with Crippen LogP contribution in [0.1, 0.15) is 70.0 Å². The predicted octanol–water partition coefficient (Wildman–Crippen LogP) is 18.8. The quantitative estimate of drug-likeness (QED) is 0.0129. The number of rotatable bonds is 27. The van der Waals surface area contributed by atoms with Crippen molar-refractivity contribution >= 4 is 240 Å². The van der Waals surface area contributed by atoms with Crippen molar-refractivity contribution in [3.63, 3.8) is 0 Å². The molecule has 15 aromatic rings. The van der Waals surface area contributed by atoms with Gasteiger partial charge in [-0.3, -0.25) is 44.2 Å². The van der Waals surface area contributed by atoms with Gasteiger partial charge in [0, 0.05) is 103 Å². The number of nitro groups is 2. The number of carbonyl (C=O) groups is 5. The number of nitrogens with one attached hydrogen (secondary N) is 10. The molecule has 0 spiro atoms. The minimum atomic E-state index is -0.470. The van der Waals surface area contributed by atoms with E-state index in [0.29, 0.717) is 125 Å². The van der Waals surface area contributed by atoms with Crippen molar-refractivity contribution in [3.8, 4) is 81.6 Å². The zero-order valence-corrected chi connectivity index (χ0v) is 79.1. The fourth-order valence-electron chi connectivity index (χ4n) is 11.4. The number of nitrogens with two attached hydrogens (primary N) is 3. The lowest BCUT2D eigenvalue weighted by Crippen LogP contribution is -2.17. The zero-order chi connectivity index (χ0) is 93.0. The van der Waals surface area contributed by atoms with Crippen molar-refractivity contribution in [2.75, 3.05) is 109 Å². The largest absolute Gasteiger partial charge is 0.495 e. The van der Waals surface area contributed by atoms with Gasteiger partial charge in [0.15, 0.2) is 51.3 Å². The van der Waals surface area contributed by atoms with Gasteiger partial charge in [-0.25, -0.2) is 49.8 Å². The molecule has 5 aromatic carbocycles. The number of aromatic nitrogens is 10. The average molecular weight is 1940 g/mol. The molecule has 0 bridgehead atoms. The third kappa shape index (κ3) is 25.2.